The number of benzene rings is 1. The van der Waals surface area contributed by atoms with Crippen LogP contribution in [0.15, 0.2) is 16.6 Å². The van der Waals surface area contributed by atoms with Crippen LogP contribution in [0.1, 0.15) is 27.2 Å². The van der Waals surface area contributed by atoms with Gasteiger partial charge in [-0.1, -0.05) is 6.92 Å². The van der Waals surface area contributed by atoms with Crippen LogP contribution in [0.4, 0.5) is 15.8 Å². The van der Waals surface area contributed by atoms with E-state index in [9.17, 15) is 4.39 Å². The van der Waals surface area contributed by atoms with Crippen molar-refractivity contribution in [3.63, 3.8) is 0 Å². The van der Waals surface area contributed by atoms with Gasteiger partial charge in [-0.25, -0.2) is 4.39 Å². The highest BCUT2D eigenvalue weighted by Gasteiger charge is 2.23. The van der Waals surface area contributed by atoms with Gasteiger partial charge < -0.3 is 10.6 Å². The van der Waals surface area contributed by atoms with Crippen LogP contribution >= 0.6 is 15.9 Å². The topological polar surface area (TPSA) is 29.3 Å². The monoisotopic (exact) mass is 288 g/mol. The highest BCUT2D eigenvalue weighted by atomic mass is 79.9. The van der Waals surface area contributed by atoms with Gasteiger partial charge >= 0.3 is 0 Å². The molecule has 0 saturated heterocycles. The zero-order valence-corrected chi connectivity index (χ0v) is 11.7. The Morgan fingerprint density at radius 3 is 2.50 bits per heavy atom. The molecular formula is C12H18BrFN2. The highest BCUT2D eigenvalue weighted by molar-refractivity contribution is 9.10. The molecule has 0 heterocycles. The fourth-order valence-corrected chi connectivity index (χ4v) is 1.77. The second-order valence-electron chi connectivity index (χ2n) is 4.55. The summed E-state index contributed by atoms with van der Waals surface area (Å²) in [7, 11) is 1.93. The van der Waals surface area contributed by atoms with E-state index in [1.165, 1.54) is 6.07 Å². The normalized spacial score (nSPS) is 11.6. The fraction of sp³-hybridized carbons (Fsp3) is 0.500. The van der Waals surface area contributed by atoms with Crippen LogP contribution in [0.3, 0.4) is 0 Å². The molecule has 0 unspecified atom stereocenters. The molecule has 0 spiro atoms. The van der Waals surface area contributed by atoms with Crippen molar-refractivity contribution < 1.29 is 4.39 Å². The third kappa shape index (κ3) is 2.48. The largest absolute Gasteiger partial charge is 0.397 e. The van der Waals surface area contributed by atoms with Crippen LogP contribution < -0.4 is 10.6 Å². The van der Waals surface area contributed by atoms with Gasteiger partial charge in [0, 0.05) is 18.7 Å². The number of nitrogens with two attached hydrogens (primary N) is 1. The first kappa shape index (κ1) is 13.3. The van der Waals surface area contributed by atoms with Gasteiger partial charge in [-0.15, -0.1) is 0 Å². The molecular weight excluding hydrogens is 271 g/mol. The van der Waals surface area contributed by atoms with Crippen LogP contribution in [0, 0.1) is 5.82 Å². The van der Waals surface area contributed by atoms with Gasteiger partial charge in [0.05, 0.1) is 15.8 Å². The van der Waals surface area contributed by atoms with Gasteiger partial charge in [-0.2, -0.15) is 0 Å². The Morgan fingerprint density at radius 1 is 1.44 bits per heavy atom. The molecule has 0 fully saturated rings. The van der Waals surface area contributed by atoms with Gasteiger partial charge in [0.2, 0.25) is 0 Å². The van der Waals surface area contributed by atoms with Crippen molar-refractivity contribution in [2.45, 2.75) is 32.7 Å². The lowest BCUT2D eigenvalue weighted by Gasteiger charge is -2.37. The summed E-state index contributed by atoms with van der Waals surface area (Å²) in [5, 5.41) is 0. The molecule has 2 nitrogen and oxygen atoms in total. The maximum absolute atomic E-state index is 13.5. The molecule has 0 aliphatic rings. The minimum atomic E-state index is -0.289. The molecule has 1 aromatic rings. The Hall–Kier alpha value is -0.770. The first-order chi connectivity index (χ1) is 7.29. The molecule has 0 aliphatic heterocycles. The predicted molar refractivity (Wildman–Crippen MR) is 71.3 cm³/mol. The minimum Gasteiger partial charge on any atom is -0.397 e. The summed E-state index contributed by atoms with van der Waals surface area (Å²) in [6.45, 7) is 6.31. The number of hydrogen-bond acceptors (Lipinski definition) is 2. The van der Waals surface area contributed by atoms with E-state index in [0.29, 0.717) is 10.2 Å². The number of nitrogen functional groups attached to an aromatic ring is 1. The second-order valence-corrected chi connectivity index (χ2v) is 5.40. The molecule has 0 aromatic heterocycles. The SMILES string of the molecule is CCC(C)(C)N(C)c1cc(F)c(Br)cc1N. The maximum atomic E-state index is 13.5. The van der Waals surface area contributed by atoms with Gasteiger partial charge in [0.25, 0.3) is 0 Å². The van der Waals surface area contributed by atoms with E-state index >= 15 is 0 Å². The van der Waals surface area contributed by atoms with Gasteiger partial charge in [0.15, 0.2) is 0 Å². The summed E-state index contributed by atoms with van der Waals surface area (Å²) < 4.78 is 13.9. The standard InChI is InChI=1S/C12H18BrFN2/c1-5-12(2,3)16(4)11-7-9(14)8(13)6-10(11)15/h6-7H,5,15H2,1-4H3. The van der Waals surface area contributed by atoms with Gasteiger partial charge in [-0.3, -0.25) is 0 Å². The zero-order chi connectivity index (χ0) is 12.5. The van der Waals surface area contributed by atoms with Crippen molar-refractivity contribution in [3.05, 3.63) is 22.4 Å². The molecule has 1 aromatic carbocycles. The fourth-order valence-electron chi connectivity index (χ4n) is 1.41. The summed E-state index contributed by atoms with van der Waals surface area (Å²) >= 11 is 3.12. The van der Waals surface area contributed by atoms with Crippen LogP contribution in [-0.4, -0.2) is 12.6 Å². The highest BCUT2D eigenvalue weighted by Crippen LogP contribution is 2.33. The Morgan fingerprint density at radius 2 is 2.00 bits per heavy atom. The molecule has 90 valence electrons. The molecule has 0 atom stereocenters. The Kier molecular flexibility index (Phi) is 3.84. The average molecular weight is 289 g/mol. The second kappa shape index (κ2) is 4.62. The number of rotatable bonds is 3. The van der Waals surface area contributed by atoms with Crippen LogP contribution in [0.2, 0.25) is 0 Å². The first-order valence-corrected chi connectivity index (χ1v) is 6.07. The van der Waals surface area contributed by atoms with Crippen molar-refractivity contribution in [2.24, 2.45) is 0 Å². The predicted octanol–water partition coefficient (Wildman–Crippen LogP) is 3.80. The molecule has 2 N–H and O–H groups in total. The Labute approximate surface area is 105 Å². The lowest BCUT2D eigenvalue weighted by atomic mass is 9.99. The minimum absolute atomic E-state index is 0.0472. The maximum Gasteiger partial charge on any atom is 0.139 e. The number of anilines is 2. The molecule has 0 amide bonds. The lowest BCUT2D eigenvalue weighted by molar-refractivity contribution is 0.470. The summed E-state index contributed by atoms with van der Waals surface area (Å²) in [5.41, 5.74) is 7.17. The molecule has 0 bridgehead atoms. The molecule has 1 rings (SSSR count). The van der Waals surface area contributed by atoms with Crippen LogP contribution in [0.5, 0.6) is 0 Å². The van der Waals surface area contributed by atoms with Crippen molar-refractivity contribution in [2.75, 3.05) is 17.7 Å². The molecule has 0 radical (unpaired) electrons. The molecule has 0 saturated carbocycles. The van der Waals surface area contributed by atoms with Crippen LogP contribution in [-0.2, 0) is 0 Å². The third-order valence-corrected chi connectivity index (χ3v) is 3.81. The van der Waals surface area contributed by atoms with E-state index in [2.05, 4.69) is 36.7 Å². The zero-order valence-electron chi connectivity index (χ0n) is 10.1. The summed E-state index contributed by atoms with van der Waals surface area (Å²) in [6.07, 6.45) is 0.959. The van der Waals surface area contributed by atoms with Crippen molar-refractivity contribution in [1.82, 2.24) is 0 Å². The summed E-state index contributed by atoms with van der Waals surface area (Å²) in [6, 6.07) is 3.07. The van der Waals surface area contributed by atoms with Gasteiger partial charge in [-0.05, 0) is 42.3 Å². The van der Waals surface area contributed by atoms with E-state index in [-0.39, 0.29) is 11.4 Å². The van der Waals surface area contributed by atoms with E-state index in [0.717, 1.165) is 12.1 Å². The van der Waals surface area contributed by atoms with Crippen molar-refractivity contribution >= 4 is 27.3 Å². The van der Waals surface area contributed by atoms with Crippen molar-refractivity contribution in [1.29, 1.82) is 0 Å². The summed E-state index contributed by atoms with van der Waals surface area (Å²) in [5.74, 6) is -0.289. The van der Waals surface area contributed by atoms with E-state index in [1.54, 1.807) is 6.07 Å². The lowest BCUT2D eigenvalue weighted by Crippen LogP contribution is -2.40. The number of nitrogens with zero attached hydrogens (tertiary/aromatic N) is 1. The number of hydrogen-bond donors (Lipinski definition) is 1. The Bertz CT molecular complexity index is 391. The molecule has 4 heteroatoms. The summed E-state index contributed by atoms with van der Waals surface area (Å²) in [4.78, 5) is 2.01. The van der Waals surface area contributed by atoms with E-state index in [1.807, 2.05) is 11.9 Å². The molecule has 16 heavy (non-hydrogen) atoms. The van der Waals surface area contributed by atoms with Gasteiger partial charge in [0.1, 0.15) is 5.82 Å². The van der Waals surface area contributed by atoms with E-state index < -0.39 is 0 Å². The molecule has 0 aliphatic carbocycles. The van der Waals surface area contributed by atoms with E-state index in [4.69, 9.17) is 5.73 Å². The van der Waals surface area contributed by atoms with Crippen molar-refractivity contribution in [3.8, 4) is 0 Å². The number of halogens is 2. The quantitative estimate of drug-likeness (QED) is 0.858. The van der Waals surface area contributed by atoms with Crippen LogP contribution in [0.25, 0.3) is 0 Å². The third-order valence-electron chi connectivity index (χ3n) is 3.20. The average Bonchev–Trinajstić information content (AvgIpc) is 2.22. The smallest absolute Gasteiger partial charge is 0.139 e. The first-order valence-electron chi connectivity index (χ1n) is 5.28. The Balaban J connectivity index is 3.19.